The van der Waals surface area contributed by atoms with E-state index in [2.05, 4.69) is 6.92 Å². The fourth-order valence-corrected chi connectivity index (χ4v) is 2.46. The Hall–Kier alpha value is -2.21. The lowest BCUT2D eigenvalue weighted by atomic mass is 9.90. The molecule has 0 fully saturated rings. The van der Waals surface area contributed by atoms with Gasteiger partial charge in [-0.1, -0.05) is 38.0 Å². The molecule has 0 aliphatic carbocycles. The number of nitrogens with zero attached hydrogens (tertiary/aromatic N) is 1. The summed E-state index contributed by atoms with van der Waals surface area (Å²) in [4.78, 5) is 24.0. The first-order valence-electron chi connectivity index (χ1n) is 7.76. The van der Waals surface area contributed by atoms with Crippen molar-refractivity contribution in [3.05, 3.63) is 47.0 Å². The van der Waals surface area contributed by atoms with Gasteiger partial charge < -0.3 is 0 Å². The number of benzene rings is 1. The van der Waals surface area contributed by atoms with Gasteiger partial charge in [0.15, 0.2) is 5.78 Å². The first-order valence-corrected chi connectivity index (χ1v) is 7.76. The lowest BCUT2D eigenvalue weighted by Gasteiger charge is -2.14. The van der Waals surface area contributed by atoms with Crippen molar-refractivity contribution in [3.8, 4) is 6.07 Å². The number of carbonyl (C=O) groups excluding carboxylic acids is 2. The number of allylic oxidation sites excluding steroid dienone is 2. The topological polar surface area (TPSA) is 57.9 Å². The van der Waals surface area contributed by atoms with E-state index in [1.54, 1.807) is 37.3 Å². The van der Waals surface area contributed by atoms with Crippen molar-refractivity contribution in [1.82, 2.24) is 0 Å². The van der Waals surface area contributed by atoms with Crippen LogP contribution in [0, 0.1) is 17.2 Å². The molecule has 0 amide bonds. The molecule has 1 rings (SSSR count). The molecule has 3 heteroatoms. The molecule has 22 heavy (non-hydrogen) atoms. The molecule has 0 saturated heterocycles. The molecule has 0 bridgehead atoms. The summed E-state index contributed by atoms with van der Waals surface area (Å²) in [7, 11) is 0. The van der Waals surface area contributed by atoms with Gasteiger partial charge in [-0.3, -0.25) is 9.59 Å². The van der Waals surface area contributed by atoms with Crippen LogP contribution in [0.2, 0.25) is 0 Å². The zero-order valence-electron chi connectivity index (χ0n) is 13.6. The summed E-state index contributed by atoms with van der Waals surface area (Å²) in [6, 6.07) is 8.74. The average Bonchev–Trinajstić information content (AvgIpc) is 2.52. The number of Topliss-reactive ketones (excluding diaryl/α,β-unsaturated/α-hetero) is 1. The van der Waals surface area contributed by atoms with Crippen LogP contribution in [0.25, 0.3) is 0 Å². The maximum atomic E-state index is 12.4. The quantitative estimate of drug-likeness (QED) is 0.525. The Kier molecular flexibility index (Phi) is 7.25. The summed E-state index contributed by atoms with van der Waals surface area (Å²) in [6.07, 6.45) is 4.82. The van der Waals surface area contributed by atoms with Gasteiger partial charge in [0, 0.05) is 11.5 Å². The van der Waals surface area contributed by atoms with Crippen molar-refractivity contribution in [3.63, 3.8) is 0 Å². The number of carbonyl (C=O) groups is 2. The summed E-state index contributed by atoms with van der Waals surface area (Å²) < 4.78 is 0. The van der Waals surface area contributed by atoms with Gasteiger partial charge in [0.1, 0.15) is 5.78 Å². The van der Waals surface area contributed by atoms with Crippen LogP contribution in [-0.2, 0) is 4.79 Å². The van der Waals surface area contributed by atoms with E-state index in [-0.39, 0.29) is 17.5 Å². The second-order valence-electron chi connectivity index (χ2n) is 5.53. The lowest BCUT2D eigenvalue weighted by molar-refractivity contribution is -0.120. The van der Waals surface area contributed by atoms with E-state index in [0.717, 1.165) is 24.8 Å². The molecule has 0 aromatic heterocycles. The van der Waals surface area contributed by atoms with E-state index in [0.29, 0.717) is 17.5 Å². The van der Waals surface area contributed by atoms with Gasteiger partial charge in [0.05, 0.1) is 11.6 Å². The smallest absolute Gasteiger partial charge is 0.185 e. The molecule has 1 aromatic rings. The third-order valence-electron chi connectivity index (χ3n) is 3.76. The molecule has 1 unspecified atom stereocenters. The largest absolute Gasteiger partial charge is 0.300 e. The van der Waals surface area contributed by atoms with Gasteiger partial charge in [-0.2, -0.15) is 5.26 Å². The highest BCUT2D eigenvalue weighted by molar-refractivity contribution is 6.05. The highest BCUT2D eigenvalue weighted by Gasteiger charge is 2.15. The molecular weight excluding hydrogens is 274 g/mol. The number of hydrogen-bond acceptors (Lipinski definition) is 3. The van der Waals surface area contributed by atoms with Crippen molar-refractivity contribution in [2.45, 2.75) is 46.5 Å². The monoisotopic (exact) mass is 297 g/mol. The van der Waals surface area contributed by atoms with Crippen LogP contribution in [0.5, 0.6) is 0 Å². The van der Waals surface area contributed by atoms with E-state index < -0.39 is 0 Å². The molecule has 0 spiro atoms. The molecular formula is C19H23NO2. The molecule has 1 atom stereocenters. The fraction of sp³-hybridized carbons (Fsp3) is 0.421. The normalized spacial score (nSPS) is 12.5. The Balaban J connectivity index is 2.98. The molecule has 0 aliphatic heterocycles. The Morgan fingerprint density at radius 3 is 2.59 bits per heavy atom. The van der Waals surface area contributed by atoms with Crippen LogP contribution >= 0.6 is 0 Å². The third-order valence-corrected chi connectivity index (χ3v) is 3.76. The van der Waals surface area contributed by atoms with Crippen LogP contribution < -0.4 is 0 Å². The fourth-order valence-electron chi connectivity index (χ4n) is 2.46. The number of nitriles is 1. The molecule has 0 radical (unpaired) electrons. The first kappa shape index (κ1) is 17.8. The van der Waals surface area contributed by atoms with Gasteiger partial charge in [0.25, 0.3) is 0 Å². The summed E-state index contributed by atoms with van der Waals surface area (Å²) in [5.41, 5.74) is 2.01. The molecule has 3 nitrogen and oxygen atoms in total. The van der Waals surface area contributed by atoms with Crippen molar-refractivity contribution < 1.29 is 9.59 Å². The minimum absolute atomic E-state index is 0.0176. The summed E-state index contributed by atoms with van der Waals surface area (Å²) in [6.45, 7) is 5.66. The van der Waals surface area contributed by atoms with E-state index in [9.17, 15) is 9.59 Å². The van der Waals surface area contributed by atoms with Crippen molar-refractivity contribution >= 4 is 11.6 Å². The standard InChI is InChI=1S/C19H23NO2/c1-4-7-15(10-17(5-2)14(3)21)12-19(22)18-9-6-8-16(11-18)13-20/h6,8-9,11-12,17H,4-5,7,10H2,1-3H3. The third kappa shape index (κ3) is 5.29. The van der Waals surface area contributed by atoms with E-state index in [4.69, 9.17) is 5.26 Å². The highest BCUT2D eigenvalue weighted by atomic mass is 16.1. The molecule has 0 heterocycles. The van der Waals surface area contributed by atoms with Gasteiger partial charge >= 0.3 is 0 Å². The maximum absolute atomic E-state index is 12.4. The van der Waals surface area contributed by atoms with Crippen molar-refractivity contribution in [2.24, 2.45) is 5.92 Å². The Morgan fingerprint density at radius 1 is 1.32 bits per heavy atom. The maximum Gasteiger partial charge on any atom is 0.185 e. The van der Waals surface area contributed by atoms with Crippen molar-refractivity contribution in [2.75, 3.05) is 0 Å². The minimum atomic E-state index is -0.0982. The van der Waals surface area contributed by atoms with Crippen LogP contribution in [-0.4, -0.2) is 11.6 Å². The van der Waals surface area contributed by atoms with E-state index in [1.807, 2.05) is 13.0 Å². The molecule has 0 N–H and O–H groups in total. The van der Waals surface area contributed by atoms with Gasteiger partial charge in [0.2, 0.25) is 0 Å². The van der Waals surface area contributed by atoms with Crippen LogP contribution in [0.4, 0.5) is 0 Å². The first-order chi connectivity index (χ1) is 10.5. The SMILES string of the molecule is CCCC(=CC(=O)c1cccc(C#N)c1)CC(CC)C(C)=O. The number of rotatable bonds is 8. The Morgan fingerprint density at radius 2 is 2.05 bits per heavy atom. The summed E-state index contributed by atoms with van der Waals surface area (Å²) in [5, 5.41) is 8.91. The van der Waals surface area contributed by atoms with Crippen LogP contribution in [0.15, 0.2) is 35.9 Å². The van der Waals surface area contributed by atoms with Gasteiger partial charge in [-0.15, -0.1) is 0 Å². The molecule has 0 saturated carbocycles. The zero-order valence-corrected chi connectivity index (χ0v) is 13.6. The molecule has 1 aromatic carbocycles. The molecule has 0 aliphatic rings. The second-order valence-corrected chi connectivity index (χ2v) is 5.53. The van der Waals surface area contributed by atoms with Crippen LogP contribution in [0.1, 0.15) is 62.4 Å². The predicted octanol–water partition coefficient (Wildman–Crippen LogP) is 4.47. The second kappa shape index (κ2) is 8.94. The van der Waals surface area contributed by atoms with E-state index in [1.165, 1.54) is 0 Å². The summed E-state index contributed by atoms with van der Waals surface area (Å²) >= 11 is 0. The number of ketones is 2. The van der Waals surface area contributed by atoms with Crippen LogP contribution in [0.3, 0.4) is 0 Å². The Bertz CT molecular complexity index is 608. The Labute approximate surface area is 132 Å². The highest BCUT2D eigenvalue weighted by Crippen LogP contribution is 2.21. The number of hydrogen-bond donors (Lipinski definition) is 0. The zero-order chi connectivity index (χ0) is 16.5. The molecule has 116 valence electrons. The van der Waals surface area contributed by atoms with Gasteiger partial charge in [-0.25, -0.2) is 0 Å². The van der Waals surface area contributed by atoms with Gasteiger partial charge in [-0.05, 0) is 44.4 Å². The average molecular weight is 297 g/mol. The predicted molar refractivity (Wildman–Crippen MR) is 87.6 cm³/mol. The van der Waals surface area contributed by atoms with Crippen molar-refractivity contribution in [1.29, 1.82) is 5.26 Å². The minimum Gasteiger partial charge on any atom is -0.300 e. The van der Waals surface area contributed by atoms with E-state index >= 15 is 0 Å². The lowest BCUT2D eigenvalue weighted by Crippen LogP contribution is -2.11. The summed E-state index contributed by atoms with van der Waals surface area (Å²) in [5.74, 6) is 0.0541.